The van der Waals surface area contributed by atoms with Gasteiger partial charge in [0.15, 0.2) is 0 Å². The van der Waals surface area contributed by atoms with Crippen molar-refractivity contribution in [3.05, 3.63) is 30.0 Å². The first-order valence-corrected chi connectivity index (χ1v) is 4.46. The standard InChI is InChI=1S/C10H11N3O/c11-3-4-13-10-2-1-8(7-14)5-9(10)6-12-13/h1-2,5-7H,3-4,11H2. The monoisotopic (exact) mass is 189 g/mol. The SMILES string of the molecule is NCCn1ncc2cc(C=O)ccc21. The molecule has 0 saturated heterocycles. The molecule has 0 saturated carbocycles. The smallest absolute Gasteiger partial charge is 0.150 e. The number of hydrogen-bond donors (Lipinski definition) is 1. The molecule has 2 aromatic rings. The molecule has 72 valence electrons. The van der Waals surface area contributed by atoms with E-state index in [4.69, 9.17) is 5.73 Å². The molecule has 0 bridgehead atoms. The molecule has 0 aliphatic rings. The molecule has 2 N–H and O–H groups in total. The molecule has 0 radical (unpaired) electrons. The molecular weight excluding hydrogens is 178 g/mol. The first-order valence-electron chi connectivity index (χ1n) is 4.46. The summed E-state index contributed by atoms with van der Waals surface area (Å²) >= 11 is 0. The van der Waals surface area contributed by atoms with Gasteiger partial charge in [0.2, 0.25) is 0 Å². The number of aldehydes is 1. The van der Waals surface area contributed by atoms with Crippen molar-refractivity contribution in [1.29, 1.82) is 0 Å². The Morgan fingerprint density at radius 3 is 3.07 bits per heavy atom. The lowest BCUT2D eigenvalue weighted by Crippen LogP contribution is -2.10. The highest BCUT2D eigenvalue weighted by atomic mass is 16.1. The van der Waals surface area contributed by atoms with Gasteiger partial charge in [-0.25, -0.2) is 0 Å². The molecule has 2 rings (SSSR count). The second-order valence-corrected chi connectivity index (χ2v) is 3.09. The van der Waals surface area contributed by atoms with Gasteiger partial charge in [-0.3, -0.25) is 9.48 Å². The number of rotatable bonds is 3. The number of nitrogens with two attached hydrogens (primary N) is 1. The van der Waals surface area contributed by atoms with Crippen LogP contribution in [0.4, 0.5) is 0 Å². The summed E-state index contributed by atoms with van der Waals surface area (Å²) in [5.74, 6) is 0. The van der Waals surface area contributed by atoms with Crippen LogP contribution in [-0.4, -0.2) is 22.6 Å². The van der Waals surface area contributed by atoms with E-state index < -0.39 is 0 Å². The molecule has 0 atom stereocenters. The number of aromatic nitrogens is 2. The van der Waals surface area contributed by atoms with E-state index >= 15 is 0 Å². The molecule has 0 aliphatic heterocycles. The Labute approximate surface area is 81.3 Å². The van der Waals surface area contributed by atoms with Gasteiger partial charge in [0.05, 0.1) is 18.3 Å². The van der Waals surface area contributed by atoms with E-state index in [0.29, 0.717) is 18.7 Å². The van der Waals surface area contributed by atoms with E-state index in [1.54, 1.807) is 12.3 Å². The third-order valence-corrected chi connectivity index (χ3v) is 2.14. The molecule has 1 aromatic heterocycles. The second kappa shape index (κ2) is 3.59. The molecule has 4 nitrogen and oxygen atoms in total. The Morgan fingerprint density at radius 1 is 1.50 bits per heavy atom. The molecule has 14 heavy (non-hydrogen) atoms. The number of hydrogen-bond acceptors (Lipinski definition) is 3. The van der Waals surface area contributed by atoms with Crippen molar-refractivity contribution in [2.24, 2.45) is 5.73 Å². The second-order valence-electron chi connectivity index (χ2n) is 3.09. The number of carbonyl (C=O) groups is 1. The molecule has 0 unspecified atom stereocenters. The largest absolute Gasteiger partial charge is 0.329 e. The Bertz CT molecular complexity index is 461. The Kier molecular flexibility index (Phi) is 2.28. The Hall–Kier alpha value is -1.68. The van der Waals surface area contributed by atoms with E-state index in [1.807, 2.05) is 16.8 Å². The van der Waals surface area contributed by atoms with Crippen LogP contribution in [0.25, 0.3) is 10.9 Å². The van der Waals surface area contributed by atoms with Gasteiger partial charge in [0.25, 0.3) is 0 Å². The van der Waals surface area contributed by atoms with Gasteiger partial charge in [-0.15, -0.1) is 0 Å². The molecular formula is C10H11N3O. The van der Waals surface area contributed by atoms with Gasteiger partial charge < -0.3 is 5.73 Å². The van der Waals surface area contributed by atoms with Crippen LogP contribution < -0.4 is 5.73 Å². The molecule has 0 spiro atoms. The quantitative estimate of drug-likeness (QED) is 0.727. The maximum absolute atomic E-state index is 10.5. The van der Waals surface area contributed by atoms with E-state index in [1.165, 1.54) is 0 Å². The summed E-state index contributed by atoms with van der Waals surface area (Å²) < 4.78 is 1.84. The molecule has 0 fully saturated rings. The number of benzene rings is 1. The van der Waals surface area contributed by atoms with Gasteiger partial charge in [0.1, 0.15) is 6.29 Å². The highest BCUT2D eigenvalue weighted by molar-refractivity contribution is 5.86. The lowest BCUT2D eigenvalue weighted by Gasteiger charge is -1.99. The normalized spacial score (nSPS) is 10.6. The van der Waals surface area contributed by atoms with Gasteiger partial charge in [-0.05, 0) is 18.2 Å². The van der Waals surface area contributed by atoms with Gasteiger partial charge in [-0.2, -0.15) is 5.10 Å². The molecule has 1 heterocycles. The molecule has 0 aliphatic carbocycles. The zero-order chi connectivity index (χ0) is 9.97. The Balaban J connectivity index is 2.53. The van der Waals surface area contributed by atoms with E-state index in [2.05, 4.69) is 5.10 Å². The number of nitrogens with zero attached hydrogens (tertiary/aromatic N) is 2. The van der Waals surface area contributed by atoms with Crippen molar-refractivity contribution in [1.82, 2.24) is 9.78 Å². The van der Waals surface area contributed by atoms with E-state index in [9.17, 15) is 4.79 Å². The van der Waals surface area contributed by atoms with Crippen molar-refractivity contribution in [3.63, 3.8) is 0 Å². The topological polar surface area (TPSA) is 60.9 Å². The lowest BCUT2D eigenvalue weighted by atomic mass is 10.2. The van der Waals surface area contributed by atoms with Gasteiger partial charge in [0, 0.05) is 17.5 Å². The average molecular weight is 189 g/mol. The molecule has 1 aromatic carbocycles. The van der Waals surface area contributed by atoms with Crippen LogP contribution in [0.2, 0.25) is 0 Å². The van der Waals surface area contributed by atoms with Crippen molar-refractivity contribution < 1.29 is 4.79 Å². The van der Waals surface area contributed by atoms with Crippen LogP contribution >= 0.6 is 0 Å². The first-order chi connectivity index (χ1) is 6.85. The minimum Gasteiger partial charge on any atom is -0.329 e. The Morgan fingerprint density at radius 2 is 2.36 bits per heavy atom. The zero-order valence-corrected chi connectivity index (χ0v) is 7.68. The van der Waals surface area contributed by atoms with Gasteiger partial charge >= 0.3 is 0 Å². The molecule has 4 heteroatoms. The third kappa shape index (κ3) is 1.40. The summed E-state index contributed by atoms with van der Waals surface area (Å²) in [7, 11) is 0. The van der Waals surface area contributed by atoms with Crippen molar-refractivity contribution in [3.8, 4) is 0 Å². The van der Waals surface area contributed by atoms with Crippen LogP contribution in [0.1, 0.15) is 10.4 Å². The fourth-order valence-electron chi connectivity index (χ4n) is 1.48. The summed E-state index contributed by atoms with van der Waals surface area (Å²) in [4.78, 5) is 10.5. The third-order valence-electron chi connectivity index (χ3n) is 2.14. The summed E-state index contributed by atoms with van der Waals surface area (Å²) in [6.07, 6.45) is 2.58. The van der Waals surface area contributed by atoms with Crippen molar-refractivity contribution >= 4 is 17.2 Å². The van der Waals surface area contributed by atoms with Gasteiger partial charge in [-0.1, -0.05) is 0 Å². The maximum Gasteiger partial charge on any atom is 0.150 e. The fourth-order valence-corrected chi connectivity index (χ4v) is 1.48. The minimum atomic E-state index is 0.562. The van der Waals surface area contributed by atoms with E-state index in [0.717, 1.165) is 17.2 Å². The maximum atomic E-state index is 10.5. The van der Waals surface area contributed by atoms with E-state index in [-0.39, 0.29) is 0 Å². The highest BCUT2D eigenvalue weighted by Crippen LogP contribution is 2.14. The summed E-state index contributed by atoms with van der Waals surface area (Å²) in [6, 6.07) is 5.49. The number of fused-ring (bicyclic) bond motifs is 1. The minimum absolute atomic E-state index is 0.562. The van der Waals surface area contributed by atoms with Crippen molar-refractivity contribution in [2.75, 3.05) is 6.54 Å². The van der Waals surface area contributed by atoms with Crippen LogP contribution in [0, 0.1) is 0 Å². The first kappa shape index (κ1) is 8.90. The van der Waals surface area contributed by atoms with Crippen LogP contribution in [0.15, 0.2) is 24.4 Å². The van der Waals surface area contributed by atoms with Crippen LogP contribution in [0.3, 0.4) is 0 Å². The predicted molar refractivity (Wildman–Crippen MR) is 54.2 cm³/mol. The molecule has 0 amide bonds. The summed E-state index contributed by atoms with van der Waals surface area (Å²) in [5, 5.41) is 5.16. The highest BCUT2D eigenvalue weighted by Gasteiger charge is 2.01. The fraction of sp³-hybridized carbons (Fsp3) is 0.200. The lowest BCUT2D eigenvalue weighted by molar-refractivity contribution is 0.112. The summed E-state index contributed by atoms with van der Waals surface area (Å²) in [6.45, 7) is 1.26. The van der Waals surface area contributed by atoms with Crippen molar-refractivity contribution in [2.45, 2.75) is 6.54 Å². The van der Waals surface area contributed by atoms with Crippen LogP contribution in [-0.2, 0) is 6.54 Å². The average Bonchev–Trinajstić information content (AvgIpc) is 2.61. The predicted octanol–water partition coefficient (Wildman–Crippen LogP) is 0.807. The van der Waals surface area contributed by atoms with Crippen LogP contribution in [0.5, 0.6) is 0 Å². The zero-order valence-electron chi connectivity index (χ0n) is 7.68. The summed E-state index contributed by atoms with van der Waals surface area (Å²) in [5.41, 5.74) is 7.14. The number of carbonyl (C=O) groups excluding carboxylic acids is 1.